The highest BCUT2D eigenvalue weighted by Crippen LogP contribution is 2.38. The van der Waals surface area contributed by atoms with E-state index in [1.54, 1.807) is 6.20 Å². The van der Waals surface area contributed by atoms with Crippen molar-refractivity contribution in [3.63, 3.8) is 0 Å². The molecule has 0 amide bonds. The van der Waals surface area contributed by atoms with Crippen LogP contribution in [0.1, 0.15) is 0 Å². The van der Waals surface area contributed by atoms with Gasteiger partial charge in [-0.15, -0.1) is 0 Å². The van der Waals surface area contributed by atoms with Gasteiger partial charge in [-0.3, -0.25) is 0 Å². The van der Waals surface area contributed by atoms with Crippen molar-refractivity contribution in [1.29, 1.82) is 0 Å². The molecule has 0 aliphatic carbocycles. The highest BCUT2D eigenvalue weighted by molar-refractivity contribution is 6.20. The van der Waals surface area contributed by atoms with Gasteiger partial charge in [0, 0.05) is 33.7 Å². The van der Waals surface area contributed by atoms with Crippen LogP contribution in [0.3, 0.4) is 0 Å². The van der Waals surface area contributed by atoms with Gasteiger partial charge in [-0.1, -0.05) is 103 Å². The summed E-state index contributed by atoms with van der Waals surface area (Å²) in [7, 11) is 0. The van der Waals surface area contributed by atoms with Gasteiger partial charge in [0.05, 0.1) is 0 Å². The number of aromatic nitrogens is 4. The van der Waals surface area contributed by atoms with Crippen molar-refractivity contribution in [2.45, 2.75) is 0 Å². The molecule has 5 heteroatoms. The molecule has 0 aliphatic heterocycles. The summed E-state index contributed by atoms with van der Waals surface area (Å²) in [6.45, 7) is 0. The third-order valence-corrected chi connectivity index (χ3v) is 9.16. The van der Waals surface area contributed by atoms with Gasteiger partial charge in [-0.2, -0.15) is 0 Å². The lowest BCUT2D eigenvalue weighted by Crippen LogP contribution is -2.00. The summed E-state index contributed by atoms with van der Waals surface area (Å²) in [6, 6.07) is 48.4. The number of pyridine rings is 1. The molecule has 0 atom stereocenters. The minimum absolute atomic E-state index is 0.618. The SMILES string of the molecule is c1ccc2cc(-c3nc(-c4ccc5c(ccc6ccccc65)c4)nc(-c4cccc5c4ccc4oc6ncccc6c45)n3)ccc2c1. The molecule has 0 spiro atoms. The number of rotatable bonds is 3. The molecule has 0 unspecified atom stereocenters. The van der Waals surface area contributed by atoms with E-state index in [1.807, 2.05) is 12.1 Å². The number of nitrogens with zero attached hydrogens (tertiary/aromatic N) is 4. The van der Waals surface area contributed by atoms with Crippen molar-refractivity contribution in [2.24, 2.45) is 0 Å². The standard InChI is InChI=1S/C42H24N4O/c1-2-9-27-23-29(17-14-25(27)7-1)39-44-40(30-18-19-32-28(24-30)16-15-26-8-3-4-10-31(26)32)46-41(45-39)35-12-5-11-34-33(35)20-21-37-38(34)36-13-6-22-43-42(36)47-37/h1-24H. The quantitative estimate of drug-likeness (QED) is 0.189. The molecule has 10 rings (SSSR count). The summed E-state index contributed by atoms with van der Waals surface area (Å²) in [4.78, 5) is 19.8. The number of benzene rings is 7. The molecule has 5 nitrogen and oxygen atoms in total. The maximum Gasteiger partial charge on any atom is 0.227 e. The topological polar surface area (TPSA) is 64.7 Å². The molecular formula is C42H24N4O. The first-order valence-corrected chi connectivity index (χ1v) is 15.6. The largest absolute Gasteiger partial charge is 0.438 e. The second-order valence-corrected chi connectivity index (χ2v) is 11.9. The van der Waals surface area contributed by atoms with Crippen LogP contribution in [0.2, 0.25) is 0 Å². The van der Waals surface area contributed by atoms with Gasteiger partial charge >= 0.3 is 0 Å². The average molecular weight is 601 g/mol. The van der Waals surface area contributed by atoms with Crippen LogP contribution in [0.4, 0.5) is 0 Å². The molecule has 7 aromatic carbocycles. The first-order chi connectivity index (χ1) is 23.3. The molecule has 0 N–H and O–H groups in total. The molecule has 0 fully saturated rings. The number of furan rings is 1. The van der Waals surface area contributed by atoms with Crippen molar-refractivity contribution in [3.8, 4) is 34.2 Å². The second-order valence-electron chi connectivity index (χ2n) is 11.9. The molecule has 218 valence electrons. The number of fused-ring (bicyclic) bond motifs is 9. The van der Waals surface area contributed by atoms with E-state index >= 15 is 0 Å². The summed E-state index contributed by atoms with van der Waals surface area (Å²) in [6.07, 6.45) is 1.76. The first-order valence-electron chi connectivity index (χ1n) is 15.6. The van der Waals surface area contributed by atoms with Crippen molar-refractivity contribution < 1.29 is 4.42 Å². The third-order valence-electron chi connectivity index (χ3n) is 9.16. The first kappa shape index (κ1) is 25.8. The van der Waals surface area contributed by atoms with Gasteiger partial charge in [0.2, 0.25) is 5.71 Å². The molecule has 0 radical (unpaired) electrons. The molecule has 0 saturated heterocycles. The molecule has 0 saturated carbocycles. The van der Waals surface area contributed by atoms with Crippen molar-refractivity contribution in [2.75, 3.05) is 0 Å². The highest BCUT2D eigenvalue weighted by Gasteiger charge is 2.18. The fraction of sp³-hybridized carbons (Fsp3) is 0. The lowest BCUT2D eigenvalue weighted by molar-refractivity contribution is 0.654. The van der Waals surface area contributed by atoms with E-state index in [0.29, 0.717) is 23.2 Å². The zero-order chi connectivity index (χ0) is 30.9. The van der Waals surface area contributed by atoms with Crippen LogP contribution in [-0.2, 0) is 0 Å². The Morgan fingerprint density at radius 1 is 0.404 bits per heavy atom. The third kappa shape index (κ3) is 4.10. The van der Waals surface area contributed by atoms with Crippen LogP contribution >= 0.6 is 0 Å². The lowest BCUT2D eigenvalue weighted by atomic mass is 9.99. The van der Waals surface area contributed by atoms with Gasteiger partial charge in [0.25, 0.3) is 0 Å². The molecule has 3 heterocycles. The van der Waals surface area contributed by atoms with Crippen LogP contribution in [-0.4, -0.2) is 19.9 Å². The number of hydrogen-bond acceptors (Lipinski definition) is 5. The Bertz CT molecular complexity index is 2870. The monoisotopic (exact) mass is 600 g/mol. The molecular weight excluding hydrogens is 576 g/mol. The molecule has 10 aromatic rings. The highest BCUT2D eigenvalue weighted by atomic mass is 16.3. The lowest BCUT2D eigenvalue weighted by Gasteiger charge is -2.12. The summed E-state index contributed by atoms with van der Waals surface area (Å²) in [5, 5.41) is 11.2. The zero-order valence-corrected chi connectivity index (χ0v) is 25.1. The average Bonchev–Trinajstić information content (AvgIpc) is 3.53. The maximum atomic E-state index is 6.10. The summed E-state index contributed by atoms with van der Waals surface area (Å²) >= 11 is 0. The van der Waals surface area contributed by atoms with Gasteiger partial charge < -0.3 is 4.42 Å². The van der Waals surface area contributed by atoms with E-state index in [0.717, 1.165) is 54.6 Å². The van der Waals surface area contributed by atoms with Crippen LogP contribution in [0.25, 0.3) is 99.3 Å². The molecule has 0 bridgehead atoms. The minimum atomic E-state index is 0.618. The summed E-state index contributed by atoms with van der Waals surface area (Å²) in [5.74, 6) is 1.88. The Morgan fingerprint density at radius 3 is 1.94 bits per heavy atom. The molecule has 3 aromatic heterocycles. The predicted octanol–water partition coefficient (Wildman–Crippen LogP) is 10.8. The second kappa shape index (κ2) is 10.0. The van der Waals surface area contributed by atoms with E-state index in [2.05, 4.69) is 132 Å². The minimum Gasteiger partial charge on any atom is -0.438 e. The Labute approximate surface area is 268 Å². The van der Waals surface area contributed by atoms with Crippen LogP contribution in [0.15, 0.2) is 150 Å². The van der Waals surface area contributed by atoms with E-state index in [4.69, 9.17) is 19.4 Å². The van der Waals surface area contributed by atoms with Crippen molar-refractivity contribution in [3.05, 3.63) is 146 Å². The molecule has 0 aliphatic rings. The fourth-order valence-corrected chi connectivity index (χ4v) is 6.90. The van der Waals surface area contributed by atoms with E-state index < -0.39 is 0 Å². The number of hydrogen-bond donors (Lipinski definition) is 0. The zero-order valence-electron chi connectivity index (χ0n) is 25.1. The Balaban J connectivity index is 1.22. The normalized spacial score (nSPS) is 11.8. The van der Waals surface area contributed by atoms with Gasteiger partial charge in [0.1, 0.15) is 5.58 Å². The van der Waals surface area contributed by atoms with Gasteiger partial charge in [0.15, 0.2) is 17.5 Å². The van der Waals surface area contributed by atoms with Gasteiger partial charge in [-0.05, 0) is 79.5 Å². The summed E-state index contributed by atoms with van der Waals surface area (Å²) < 4.78 is 6.10. The Hall–Kier alpha value is -6.46. The Kier molecular flexibility index (Phi) is 5.51. The smallest absolute Gasteiger partial charge is 0.227 e. The summed E-state index contributed by atoms with van der Waals surface area (Å²) in [5.41, 5.74) is 4.24. The fourth-order valence-electron chi connectivity index (χ4n) is 6.90. The van der Waals surface area contributed by atoms with Crippen molar-refractivity contribution in [1.82, 2.24) is 19.9 Å². The van der Waals surface area contributed by atoms with Crippen LogP contribution in [0.5, 0.6) is 0 Å². The van der Waals surface area contributed by atoms with Crippen molar-refractivity contribution >= 4 is 65.2 Å². The maximum absolute atomic E-state index is 6.10. The van der Waals surface area contributed by atoms with Crippen LogP contribution < -0.4 is 0 Å². The van der Waals surface area contributed by atoms with E-state index in [9.17, 15) is 0 Å². The Morgan fingerprint density at radius 2 is 1.04 bits per heavy atom. The van der Waals surface area contributed by atoms with Gasteiger partial charge in [-0.25, -0.2) is 19.9 Å². The van der Waals surface area contributed by atoms with E-state index in [1.165, 1.54) is 21.5 Å². The van der Waals surface area contributed by atoms with E-state index in [-0.39, 0.29) is 0 Å². The van der Waals surface area contributed by atoms with Crippen LogP contribution in [0, 0.1) is 0 Å². The predicted molar refractivity (Wildman–Crippen MR) is 191 cm³/mol. The molecule has 47 heavy (non-hydrogen) atoms.